The summed E-state index contributed by atoms with van der Waals surface area (Å²) in [5.41, 5.74) is 0.889. The molecule has 0 bridgehead atoms. The minimum absolute atomic E-state index is 0.000245. The molecule has 0 aliphatic carbocycles. The Bertz CT molecular complexity index is 655. The normalized spacial score (nSPS) is 19.5. The van der Waals surface area contributed by atoms with Crippen LogP contribution >= 0.6 is 11.8 Å². The largest absolute Gasteiger partial charge is 0.493 e. The van der Waals surface area contributed by atoms with E-state index in [2.05, 4.69) is 11.9 Å². The van der Waals surface area contributed by atoms with Gasteiger partial charge in [-0.15, -0.1) is 0 Å². The van der Waals surface area contributed by atoms with Gasteiger partial charge in [0.05, 0.1) is 19.1 Å². The zero-order valence-electron chi connectivity index (χ0n) is 14.1. The van der Waals surface area contributed by atoms with E-state index in [1.54, 1.807) is 26.2 Å². The molecule has 1 saturated heterocycles. The minimum atomic E-state index is -0.000245. The van der Waals surface area contributed by atoms with Crippen molar-refractivity contribution in [2.75, 3.05) is 21.3 Å². The zero-order valence-corrected chi connectivity index (χ0v) is 14.9. The number of hydrogen-bond acceptors (Lipinski definition) is 5. The first kappa shape index (κ1) is 17.4. The van der Waals surface area contributed by atoms with Crippen LogP contribution in [0.3, 0.4) is 0 Å². The standard InChI is InChI=1S/C17H22N2O3S/c1-6-11(2)19-16(20)15(23-17(19)18-3)10-12-7-8-13(21-4)14(9-12)22-5/h7-11H,6H2,1-5H3. The maximum Gasteiger partial charge on any atom is 0.266 e. The van der Waals surface area contributed by atoms with Gasteiger partial charge in [-0.1, -0.05) is 13.0 Å². The maximum absolute atomic E-state index is 12.7. The molecule has 124 valence electrons. The number of amidine groups is 1. The minimum Gasteiger partial charge on any atom is -0.493 e. The number of aliphatic imine (C=N–C) groups is 1. The molecule has 6 heteroatoms. The Labute approximate surface area is 141 Å². The molecule has 1 heterocycles. The van der Waals surface area contributed by atoms with Crippen LogP contribution in [0.1, 0.15) is 25.8 Å². The van der Waals surface area contributed by atoms with E-state index in [1.807, 2.05) is 31.2 Å². The highest BCUT2D eigenvalue weighted by atomic mass is 32.2. The van der Waals surface area contributed by atoms with Gasteiger partial charge >= 0.3 is 0 Å². The number of carbonyl (C=O) groups excluding carboxylic acids is 1. The fourth-order valence-corrected chi connectivity index (χ4v) is 3.34. The molecular formula is C17H22N2O3S. The van der Waals surface area contributed by atoms with Gasteiger partial charge < -0.3 is 9.47 Å². The van der Waals surface area contributed by atoms with Crippen molar-refractivity contribution in [3.05, 3.63) is 28.7 Å². The molecule has 1 amide bonds. The van der Waals surface area contributed by atoms with E-state index in [1.165, 1.54) is 11.8 Å². The number of nitrogens with zero attached hydrogens (tertiary/aromatic N) is 2. The Morgan fingerprint density at radius 3 is 2.57 bits per heavy atom. The summed E-state index contributed by atoms with van der Waals surface area (Å²) in [7, 11) is 4.90. The molecule has 0 N–H and O–H groups in total. The molecule has 0 saturated carbocycles. The smallest absolute Gasteiger partial charge is 0.266 e. The third kappa shape index (κ3) is 3.52. The van der Waals surface area contributed by atoms with Crippen LogP contribution in [-0.4, -0.2) is 43.3 Å². The monoisotopic (exact) mass is 334 g/mol. The van der Waals surface area contributed by atoms with Crippen molar-refractivity contribution in [2.24, 2.45) is 4.99 Å². The van der Waals surface area contributed by atoms with Crippen molar-refractivity contribution in [1.29, 1.82) is 0 Å². The number of thioether (sulfide) groups is 1. The summed E-state index contributed by atoms with van der Waals surface area (Å²) in [6.45, 7) is 4.09. The van der Waals surface area contributed by atoms with E-state index in [-0.39, 0.29) is 11.9 Å². The lowest BCUT2D eigenvalue weighted by atomic mass is 10.1. The van der Waals surface area contributed by atoms with Crippen LogP contribution in [0.15, 0.2) is 28.1 Å². The van der Waals surface area contributed by atoms with Gasteiger partial charge in [-0.2, -0.15) is 0 Å². The van der Waals surface area contributed by atoms with Crippen LogP contribution in [0, 0.1) is 0 Å². The Balaban J connectivity index is 2.35. The van der Waals surface area contributed by atoms with Crippen LogP contribution in [0.5, 0.6) is 11.5 Å². The number of carbonyl (C=O) groups is 1. The van der Waals surface area contributed by atoms with Crippen LogP contribution in [0.2, 0.25) is 0 Å². The number of hydrogen-bond donors (Lipinski definition) is 0. The average Bonchev–Trinajstić information content (AvgIpc) is 2.89. The molecule has 1 fully saturated rings. The third-order valence-corrected chi connectivity index (χ3v) is 4.84. The van der Waals surface area contributed by atoms with Gasteiger partial charge in [-0.25, -0.2) is 0 Å². The number of ether oxygens (including phenoxy) is 2. The Morgan fingerprint density at radius 2 is 2.00 bits per heavy atom. The predicted octanol–water partition coefficient (Wildman–Crippen LogP) is 3.40. The molecule has 0 spiro atoms. The number of methoxy groups -OCH3 is 2. The van der Waals surface area contributed by atoms with Crippen molar-refractivity contribution in [3.63, 3.8) is 0 Å². The molecule has 0 aromatic heterocycles. The van der Waals surface area contributed by atoms with Gasteiger partial charge in [-0.05, 0) is 48.9 Å². The van der Waals surface area contributed by atoms with E-state index < -0.39 is 0 Å². The second kappa shape index (κ2) is 7.55. The van der Waals surface area contributed by atoms with Gasteiger partial charge in [0.2, 0.25) is 0 Å². The lowest BCUT2D eigenvalue weighted by Gasteiger charge is -2.21. The summed E-state index contributed by atoms with van der Waals surface area (Å²) in [5.74, 6) is 1.30. The summed E-state index contributed by atoms with van der Waals surface area (Å²) in [6.07, 6.45) is 2.75. The van der Waals surface area contributed by atoms with Gasteiger partial charge in [0.25, 0.3) is 5.91 Å². The number of benzene rings is 1. The molecule has 1 aromatic rings. The fourth-order valence-electron chi connectivity index (χ4n) is 2.31. The van der Waals surface area contributed by atoms with E-state index in [0.717, 1.165) is 17.2 Å². The molecule has 1 aliphatic rings. The summed E-state index contributed by atoms with van der Waals surface area (Å²) in [5, 5.41) is 0.746. The highest BCUT2D eigenvalue weighted by Gasteiger charge is 2.35. The topological polar surface area (TPSA) is 51.1 Å². The quantitative estimate of drug-likeness (QED) is 0.775. The maximum atomic E-state index is 12.7. The van der Waals surface area contributed by atoms with Crippen molar-refractivity contribution >= 4 is 28.9 Å². The number of amides is 1. The highest BCUT2D eigenvalue weighted by Crippen LogP contribution is 2.35. The van der Waals surface area contributed by atoms with Crippen LogP contribution in [0.4, 0.5) is 0 Å². The highest BCUT2D eigenvalue weighted by molar-refractivity contribution is 8.18. The lowest BCUT2D eigenvalue weighted by molar-refractivity contribution is -0.123. The predicted molar refractivity (Wildman–Crippen MR) is 95.1 cm³/mol. The van der Waals surface area contributed by atoms with Gasteiger partial charge in [0, 0.05) is 13.1 Å². The van der Waals surface area contributed by atoms with Crippen LogP contribution in [0.25, 0.3) is 6.08 Å². The SMILES string of the molecule is CCC(C)N1C(=O)C(=Cc2ccc(OC)c(OC)c2)SC1=NC. The van der Waals surface area contributed by atoms with E-state index in [4.69, 9.17) is 9.47 Å². The Kier molecular flexibility index (Phi) is 5.71. The molecule has 2 rings (SSSR count). The summed E-state index contributed by atoms with van der Waals surface area (Å²) >= 11 is 1.40. The van der Waals surface area contributed by atoms with Gasteiger partial charge in [0.1, 0.15) is 0 Å². The molecule has 5 nitrogen and oxygen atoms in total. The van der Waals surface area contributed by atoms with E-state index in [0.29, 0.717) is 16.4 Å². The molecule has 1 aromatic carbocycles. The average molecular weight is 334 g/mol. The van der Waals surface area contributed by atoms with Crippen LogP contribution in [-0.2, 0) is 4.79 Å². The Hall–Kier alpha value is -1.95. The van der Waals surface area contributed by atoms with Crippen molar-refractivity contribution in [1.82, 2.24) is 4.90 Å². The second-order valence-corrected chi connectivity index (χ2v) is 6.17. The summed E-state index contributed by atoms with van der Waals surface area (Å²) < 4.78 is 10.5. The van der Waals surface area contributed by atoms with E-state index >= 15 is 0 Å². The number of rotatable bonds is 5. The first-order valence-corrected chi connectivity index (χ1v) is 8.29. The first-order chi connectivity index (χ1) is 11.0. The molecule has 1 aliphatic heterocycles. The summed E-state index contributed by atoms with van der Waals surface area (Å²) in [4.78, 5) is 19.3. The lowest BCUT2D eigenvalue weighted by Crippen LogP contribution is -2.37. The molecule has 1 unspecified atom stereocenters. The van der Waals surface area contributed by atoms with Crippen molar-refractivity contribution in [3.8, 4) is 11.5 Å². The third-order valence-electron chi connectivity index (χ3n) is 3.77. The van der Waals surface area contributed by atoms with Crippen LogP contribution < -0.4 is 9.47 Å². The summed E-state index contributed by atoms with van der Waals surface area (Å²) in [6, 6.07) is 5.71. The second-order valence-electron chi connectivity index (χ2n) is 5.16. The Morgan fingerprint density at radius 1 is 1.30 bits per heavy atom. The van der Waals surface area contributed by atoms with Crippen molar-refractivity contribution < 1.29 is 14.3 Å². The van der Waals surface area contributed by atoms with E-state index in [9.17, 15) is 4.79 Å². The fraction of sp³-hybridized carbons (Fsp3) is 0.412. The molecule has 23 heavy (non-hydrogen) atoms. The first-order valence-electron chi connectivity index (χ1n) is 7.47. The van der Waals surface area contributed by atoms with Crippen molar-refractivity contribution in [2.45, 2.75) is 26.3 Å². The van der Waals surface area contributed by atoms with Gasteiger partial charge in [0.15, 0.2) is 16.7 Å². The zero-order chi connectivity index (χ0) is 17.0. The molecular weight excluding hydrogens is 312 g/mol. The van der Waals surface area contributed by atoms with Gasteiger partial charge in [-0.3, -0.25) is 14.7 Å². The molecule has 1 atom stereocenters. The molecule has 0 radical (unpaired) electrons.